The maximum Gasteiger partial charge on any atom is 0.333 e. The van der Waals surface area contributed by atoms with Gasteiger partial charge < -0.3 is 10.2 Å². The number of rotatable bonds is 6. The highest BCUT2D eigenvalue weighted by atomic mass is 16.7. The van der Waals surface area contributed by atoms with Crippen molar-refractivity contribution in [1.29, 1.82) is 0 Å². The van der Waals surface area contributed by atoms with Crippen molar-refractivity contribution in [3.05, 3.63) is 0 Å². The van der Waals surface area contributed by atoms with Crippen LogP contribution in [0.4, 0.5) is 0 Å². The predicted molar refractivity (Wildman–Crippen MR) is 64.3 cm³/mol. The van der Waals surface area contributed by atoms with Gasteiger partial charge in [0.15, 0.2) is 0 Å². The molecule has 1 saturated heterocycles. The van der Waals surface area contributed by atoms with E-state index in [9.17, 15) is 19.2 Å². The van der Waals surface area contributed by atoms with Crippen molar-refractivity contribution in [3.8, 4) is 0 Å². The minimum Gasteiger partial charge on any atom is -0.354 e. The van der Waals surface area contributed by atoms with Crippen molar-refractivity contribution < 1.29 is 24.0 Å². The smallest absolute Gasteiger partial charge is 0.333 e. The van der Waals surface area contributed by atoms with E-state index >= 15 is 0 Å². The molecule has 1 aliphatic rings. The number of hydrogen-bond acceptors (Lipinski definition) is 5. The van der Waals surface area contributed by atoms with Crippen LogP contribution in [0.2, 0.25) is 0 Å². The van der Waals surface area contributed by atoms with Gasteiger partial charge in [0, 0.05) is 31.7 Å². The van der Waals surface area contributed by atoms with Gasteiger partial charge in [0.25, 0.3) is 11.8 Å². The summed E-state index contributed by atoms with van der Waals surface area (Å²) in [6.45, 7) is 3.69. The zero-order valence-corrected chi connectivity index (χ0v) is 11.1. The molecule has 1 fully saturated rings. The Morgan fingerprint density at radius 1 is 1.21 bits per heavy atom. The van der Waals surface area contributed by atoms with Crippen LogP contribution in [-0.4, -0.2) is 34.8 Å². The fraction of sp³-hybridized carbons (Fsp3) is 0.667. The average Bonchev–Trinajstić information content (AvgIpc) is 2.59. The third kappa shape index (κ3) is 5.07. The summed E-state index contributed by atoms with van der Waals surface area (Å²) in [6, 6.07) is 0.0549. The summed E-state index contributed by atoms with van der Waals surface area (Å²) >= 11 is 0. The van der Waals surface area contributed by atoms with Crippen LogP contribution < -0.4 is 5.32 Å². The summed E-state index contributed by atoms with van der Waals surface area (Å²) in [7, 11) is 0. The van der Waals surface area contributed by atoms with E-state index in [-0.39, 0.29) is 37.6 Å². The number of imide groups is 1. The monoisotopic (exact) mass is 270 g/mol. The van der Waals surface area contributed by atoms with Crippen molar-refractivity contribution in [2.75, 3.05) is 0 Å². The molecule has 7 nitrogen and oxygen atoms in total. The van der Waals surface area contributed by atoms with Crippen LogP contribution in [0.1, 0.15) is 46.0 Å². The summed E-state index contributed by atoms with van der Waals surface area (Å²) in [4.78, 5) is 49.7. The van der Waals surface area contributed by atoms with Gasteiger partial charge >= 0.3 is 5.97 Å². The molecule has 7 heteroatoms. The molecule has 0 saturated carbocycles. The Hall–Kier alpha value is -1.92. The molecule has 0 spiro atoms. The lowest BCUT2D eigenvalue weighted by Crippen LogP contribution is -2.32. The molecule has 0 bridgehead atoms. The van der Waals surface area contributed by atoms with Crippen molar-refractivity contribution in [1.82, 2.24) is 10.4 Å². The van der Waals surface area contributed by atoms with Gasteiger partial charge in [0.1, 0.15) is 0 Å². The van der Waals surface area contributed by atoms with Gasteiger partial charge in [0.05, 0.1) is 0 Å². The van der Waals surface area contributed by atoms with E-state index in [1.807, 2.05) is 13.8 Å². The highest BCUT2D eigenvalue weighted by Crippen LogP contribution is 2.13. The Balaban J connectivity index is 2.23. The van der Waals surface area contributed by atoms with Crippen LogP contribution in [-0.2, 0) is 24.0 Å². The number of nitrogens with one attached hydrogen (secondary N) is 1. The largest absolute Gasteiger partial charge is 0.354 e. The van der Waals surface area contributed by atoms with Crippen LogP contribution in [0.25, 0.3) is 0 Å². The highest BCUT2D eigenvalue weighted by molar-refractivity contribution is 6.01. The van der Waals surface area contributed by atoms with E-state index in [1.165, 1.54) is 0 Å². The first kappa shape index (κ1) is 15.1. The molecule has 0 aromatic heterocycles. The second-order valence-corrected chi connectivity index (χ2v) is 4.62. The second-order valence-electron chi connectivity index (χ2n) is 4.62. The fourth-order valence-corrected chi connectivity index (χ4v) is 1.59. The Bertz CT molecular complexity index is 376. The summed E-state index contributed by atoms with van der Waals surface area (Å²) in [5.74, 6) is -1.83. The third-order valence-electron chi connectivity index (χ3n) is 2.43. The van der Waals surface area contributed by atoms with Crippen LogP contribution in [0, 0.1) is 0 Å². The average molecular weight is 270 g/mol. The van der Waals surface area contributed by atoms with E-state index in [0.717, 1.165) is 0 Å². The minimum atomic E-state index is -0.680. The molecule has 19 heavy (non-hydrogen) atoms. The maximum atomic E-state index is 11.4. The van der Waals surface area contributed by atoms with Crippen molar-refractivity contribution >= 4 is 23.7 Å². The van der Waals surface area contributed by atoms with Gasteiger partial charge in [-0.15, -0.1) is 5.06 Å². The zero-order chi connectivity index (χ0) is 14.4. The number of carbonyl (C=O) groups excluding carboxylic acids is 4. The lowest BCUT2D eigenvalue weighted by atomic mass is 10.2. The molecule has 0 atom stereocenters. The van der Waals surface area contributed by atoms with Crippen LogP contribution >= 0.6 is 0 Å². The molecule has 3 amide bonds. The highest BCUT2D eigenvalue weighted by Gasteiger charge is 2.32. The van der Waals surface area contributed by atoms with Gasteiger partial charge in [-0.3, -0.25) is 14.4 Å². The Morgan fingerprint density at radius 2 is 1.79 bits per heavy atom. The van der Waals surface area contributed by atoms with E-state index < -0.39 is 17.8 Å². The Kier molecular flexibility index (Phi) is 5.47. The summed E-state index contributed by atoms with van der Waals surface area (Å²) < 4.78 is 0. The fourth-order valence-electron chi connectivity index (χ4n) is 1.59. The van der Waals surface area contributed by atoms with Crippen LogP contribution in [0.15, 0.2) is 0 Å². The molecular formula is C12H18N2O5. The number of hydrogen-bond donors (Lipinski definition) is 1. The molecule has 1 aliphatic heterocycles. The van der Waals surface area contributed by atoms with E-state index in [4.69, 9.17) is 0 Å². The number of carbonyl (C=O) groups is 4. The normalized spacial score (nSPS) is 15.0. The Labute approximate surface area is 111 Å². The molecule has 0 unspecified atom stereocenters. The third-order valence-corrected chi connectivity index (χ3v) is 2.43. The molecule has 0 aromatic carbocycles. The quantitative estimate of drug-likeness (QED) is 0.700. The lowest BCUT2D eigenvalue weighted by molar-refractivity contribution is -0.197. The molecule has 0 aromatic rings. The summed E-state index contributed by atoms with van der Waals surface area (Å²) in [5, 5.41) is 3.20. The number of hydroxylamine groups is 2. The van der Waals surface area contributed by atoms with Gasteiger partial charge in [-0.2, -0.15) is 0 Å². The predicted octanol–water partition coefficient (Wildman–Crippen LogP) is 0.288. The minimum absolute atomic E-state index is 0.0113. The van der Waals surface area contributed by atoms with Gasteiger partial charge in [0.2, 0.25) is 5.91 Å². The van der Waals surface area contributed by atoms with E-state index in [2.05, 4.69) is 10.2 Å². The molecule has 1 heterocycles. The zero-order valence-electron chi connectivity index (χ0n) is 11.1. The first-order valence-corrected chi connectivity index (χ1v) is 6.26. The van der Waals surface area contributed by atoms with Crippen LogP contribution in [0.5, 0.6) is 0 Å². The van der Waals surface area contributed by atoms with Crippen molar-refractivity contribution in [2.45, 2.75) is 52.0 Å². The van der Waals surface area contributed by atoms with Crippen molar-refractivity contribution in [2.24, 2.45) is 0 Å². The summed E-state index contributed by atoms with van der Waals surface area (Å²) in [5.41, 5.74) is 0. The van der Waals surface area contributed by atoms with Gasteiger partial charge in [-0.1, -0.05) is 0 Å². The summed E-state index contributed by atoms with van der Waals surface area (Å²) in [6.07, 6.45) is 0.650. The second kappa shape index (κ2) is 6.86. The first-order chi connectivity index (χ1) is 8.90. The van der Waals surface area contributed by atoms with E-state index in [1.54, 1.807) is 0 Å². The SMILES string of the molecule is CC(C)NC(=O)CCCC(=O)ON1C(=O)CCC1=O. The van der Waals surface area contributed by atoms with Crippen LogP contribution in [0.3, 0.4) is 0 Å². The van der Waals surface area contributed by atoms with Gasteiger partial charge in [-0.05, 0) is 20.3 Å². The molecule has 1 rings (SSSR count). The first-order valence-electron chi connectivity index (χ1n) is 6.26. The molecule has 0 radical (unpaired) electrons. The molecular weight excluding hydrogens is 252 g/mol. The standard InChI is InChI=1S/C12H18N2O5/c1-8(2)13-9(15)4-3-5-12(18)19-14-10(16)6-7-11(14)17/h8H,3-7H2,1-2H3,(H,13,15). The number of nitrogens with zero attached hydrogens (tertiary/aromatic N) is 1. The maximum absolute atomic E-state index is 11.4. The van der Waals surface area contributed by atoms with Crippen molar-refractivity contribution in [3.63, 3.8) is 0 Å². The lowest BCUT2D eigenvalue weighted by Gasteiger charge is -2.12. The Morgan fingerprint density at radius 3 is 2.32 bits per heavy atom. The van der Waals surface area contributed by atoms with E-state index in [0.29, 0.717) is 11.5 Å². The molecule has 0 aliphatic carbocycles. The molecule has 1 N–H and O–H groups in total. The van der Waals surface area contributed by atoms with Gasteiger partial charge in [-0.25, -0.2) is 4.79 Å². The molecule has 106 valence electrons. The topological polar surface area (TPSA) is 92.8 Å². The number of amides is 3.